The summed E-state index contributed by atoms with van der Waals surface area (Å²) in [6.07, 6.45) is 0. The Morgan fingerprint density at radius 1 is 1.17 bits per heavy atom. The molecule has 0 aliphatic heterocycles. The Labute approximate surface area is 107 Å². The molecule has 3 nitrogen and oxygen atoms in total. The van der Waals surface area contributed by atoms with Crippen molar-refractivity contribution in [3.05, 3.63) is 41.3 Å². The predicted octanol–water partition coefficient (Wildman–Crippen LogP) is 3.44. The van der Waals surface area contributed by atoms with E-state index < -0.39 is 0 Å². The van der Waals surface area contributed by atoms with Crippen molar-refractivity contribution in [2.45, 2.75) is 39.7 Å². The Bertz CT molecular complexity index is 533. The lowest BCUT2D eigenvalue weighted by Crippen LogP contribution is -2.10. The van der Waals surface area contributed by atoms with Crippen LogP contribution in [0.5, 0.6) is 0 Å². The molecule has 0 unspecified atom stereocenters. The summed E-state index contributed by atoms with van der Waals surface area (Å²) in [5.74, 6) is 1.10. The Balaban J connectivity index is 2.34. The van der Waals surface area contributed by atoms with Crippen LogP contribution in [0.4, 0.5) is 0 Å². The number of aliphatic hydroxyl groups excluding tert-OH is 1. The number of aliphatic hydroxyl groups is 1. The highest BCUT2D eigenvalue weighted by Gasteiger charge is 2.15. The summed E-state index contributed by atoms with van der Waals surface area (Å²) in [5.41, 5.74) is 3.09. The van der Waals surface area contributed by atoms with Gasteiger partial charge in [0.1, 0.15) is 6.61 Å². The van der Waals surface area contributed by atoms with Gasteiger partial charge in [-0.2, -0.15) is 0 Å². The molecule has 1 aromatic heterocycles. The smallest absolute Gasteiger partial charge is 0.226 e. The average Bonchev–Trinajstić information content (AvgIpc) is 2.69. The van der Waals surface area contributed by atoms with Crippen molar-refractivity contribution >= 4 is 0 Å². The molecule has 0 saturated carbocycles. The van der Waals surface area contributed by atoms with Crippen LogP contribution in [0.25, 0.3) is 11.5 Å². The van der Waals surface area contributed by atoms with E-state index in [0.717, 1.165) is 11.3 Å². The van der Waals surface area contributed by atoms with Gasteiger partial charge < -0.3 is 9.52 Å². The lowest BCUT2D eigenvalue weighted by Gasteiger charge is -2.18. The van der Waals surface area contributed by atoms with Crippen LogP contribution in [-0.4, -0.2) is 10.1 Å². The van der Waals surface area contributed by atoms with Crippen molar-refractivity contribution < 1.29 is 9.52 Å². The quantitative estimate of drug-likeness (QED) is 0.881. The highest BCUT2D eigenvalue weighted by atomic mass is 16.4. The van der Waals surface area contributed by atoms with E-state index in [1.165, 1.54) is 5.56 Å². The normalized spacial score (nSPS) is 11.8. The molecule has 0 radical (unpaired) electrons. The number of hydrogen-bond donors (Lipinski definition) is 1. The van der Waals surface area contributed by atoms with Crippen molar-refractivity contribution in [1.82, 2.24) is 4.98 Å². The Morgan fingerprint density at radius 2 is 1.78 bits per heavy atom. The molecule has 0 fully saturated rings. The largest absolute Gasteiger partial charge is 0.438 e. The minimum absolute atomic E-state index is 0.112. The van der Waals surface area contributed by atoms with Gasteiger partial charge in [0.25, 0.3) is 0 Å². The van der Waals surface area contributed by atoms with Crippen LogP contribution < -0.4 is 0 Å². The summed E-state index contributed by atoms with van der Waals surface area (Å²) in [7, 11) is 0. The zero-order valence-corrected chi connectivity index (χ0v) is 11.3. The Morgan fingerprint density at radius 3 is 2.22 bits per heavy atom. The monoisotopic (exact) mass is 245 g/mol. The number of aryl methyl sites for hydroxylation is 1. The number of aromatic nitrogens is 1. The molecule has 0 aliphatic carbocycles. The molecule has 1 heterocycles. The van der Waals surface area contributed by atoms with Gasteiger partial charge in [-0.05, 0) is 30.0 Å². The third kappa shape index (κ3) is 2.46. The first-order chi connectivity index (χ1) is 8.41. The zero-order valence-electron chi connectivity index (χ0n) is 11.3. The van der Waals surface area contributed by atoms with Crippen molar-refractivity contribution in [3.8, 4) is 11.5 Å². The van der Waals surface area contributed by atoms with E-state index in [-0.39, 0.29) is 12.0 Å². The molecule has 1 aromatic carbocycles. The minimum Gasteiger partial charge on any atom is -0.438 e. The molecule has 1 N–H and O–H groups in total. The molecule has 18 heavy (non-hydrogen) atoms. The maximum absolute atomic E-state index is 9.10. The maximum Gasteiger partial charge on any atom is 0.226 e. The van der Waals surface area contributed by atoms with Crippen LogP contribution in [0.15, 0.2) is 28.7 Å². The number of benzene rings is 1. The lowest BCUT2D eigenvalue weighted by atomic mass is 9.87. The van der Waals surface area contributed by atoms with E-state index in [2.05, 4.69) is 37.9 Å². The summed E-state index contributed by atoms with van der Waals surface area (Å²) in [6, 6.07) is 8.20. The molecule has 0 amide bonds. The van der Waals surface area contributed by atoms with E-state index >= 15 is 0 Å². The molecule has 0 bridgehead atoms. The van der Waals surface area contributed by atoms with Gasteiger partial charge in [-0.25, -0.2) is 4.98 Å². The molecule has 0 saturated heterocycles. The summed E-state index contributed by atoms with van der Waals surface area (Å²) in [6.45, 7) is 8.27. The van der Waals surface area contributed by atoms with E-state index in [0.29, 0.717) is 11.7 Å². The maximum atomic E-state index is 9.10. The topological polar surface area (TPSA) is 46.3 Å². The van der Waals surface area contributed by atoms with Crippen LogP contribution >= 0.6 is 0 Å². The van der Waals surface area contributed by atoms with Gasteiger partial charge in [-0.15, -0.1) is 0 Å². The first-order valence-corrected chi connectivity index (χ1v) is 6.10. The molecule has 3 heteroatoms. The zero-order chi connectivity index (χ0) is 13.3. The number of rotatable bonds is 2. The summed E-state index contributed by atoms with van der Waals surface area (Å²) in [5, 5.41) is 9.10. The van der Waals surface area contributed by atoms with E-state index in [9.17, 15) is 0 Å². The van der Waals surface area contributed by atoms with Crippen LogP contribution in [0, 0.1) is 6.92 Å². The summed E-state index contributed by atoms with van der Waals surface area (Å²) >= 11 is 0. The molecular formula is C15H19NO2. The van der Waals surface area contributed by atoms with Crippen LogP contribution in [0.1, 0.15) is 37.8 Å². The van der Waals surface area contributed by atoms with E-state index in [1.807, 2.05) is 19.1 Å². The second-order valence-electron chi connectivity index (χ2n) is 5.51. The van der Waals surface area contributed by atoms with Crippen molar-refractivity contribution in [1.29, 1.82) is 0 Å². The molecule has 0 aliphatic rings. The van der Waals surface area contributed by atoms with E-state index in [1.54, 1.807) is 0 Å². The lowest BCUT2D eigenvalue weighted by molar-refractivity contribution is 0.247. The highest BCUT2D eigenvalue weighted by molar-refractivity contribution is 5.54. The standard InChI is InChI=1S/C15H19NO2/c1-10-13(9-17)18-14(16-10)11-5-7-12(8-6-11)15(2,3)4/h5-8,17H,9H2,1-4H3. The third-order valence-corrected chi connectivity index (χ3v) is 3.03. The SMILES string of the molecule is Cc1nc(-c2ccc(C(C)(C)C)cc2)oc1CO. The average molecular weight is 245 g/mol. The predicted molar refractivity (Wildman–Crippen MR) is 71.3 cm³/mol. The number of oxazole rings is 1. The summed E-state index contributed by atoms with van der Waals surface area (Å²) < 4.78 is 5.51. The molecule has 2 rings (SSSR count). The Hall–Kier alpha value is -1.61. The van der Waals surface area contributed by atoms with Crippen LogP contribution in [0.3, 0.4) is 0 Å². The fourth-order valence-corrected chi connectivity index (χ4v) is 1.81. The second kappa shape index (κ2) is 4.58. The van der Waals surface area contributed by atoms with Gasteiger partial charge in [-0.1, -0.05) is 32.9 Å². The van der Waals surface area contributed by atoms with Crippen molar-refractivity contribution in [2.75, 3.05) is 0 Å². The van der Waals surface area contributed by atoms with E-state index in [4.69, 9.17) is 9.52 Å². The fraction of sp³-hybridized carbons (Fsp3) is 0.400. The first kappa shape index (κ1) is 12.8. The van der Waals surface area contributed by atoms with Crippen LogP contribution in [-0.2, 0) is 12.0 Å². The van der Waals surface area contributed by atoms with Gasteiger partial charge in [0, 0.05) is 5.56 Å². The van der Waals surface area contributed by atoms with Crippen molar-refractivity contribution in [3.63, 3.8) is 0 Å². The first-order valence-electron chi connectivity index (χ1n) is 6.10. The van der Waals surface area contributed by atoms with Crippen LogP contribution in [0.2, 0.25) is 0 Å². The molecule has 2 aromatic rings. The number of nitrogens with zero attached hydrogens (tertiary/aromatic N) is 1. The van der Waals surface area contributed by atoms with Gasteiger partial charge >= 0.3 is 0 Å². The second-order valence-corrected chi connectivity index (χ2v) is 5.51. The van der Waals surface area contributed by atoms with Gasteiger partial charge in [0.05, 0.1) is 5.69 Å². The Kier molecular flexibility index (Phi) is 3.26. The van der Waals surface area contributed by atoms with Crippen molar-refractivity contribution in [2.24, 2.45) is 0 Å². The number of hydrogen-bond acceptors (Lipinski definition) is 3. The molecule has 0 atom stereocenters. The van der Waals surface area contributed by atoms with Gasteiger partial charge in [-0.3, -0.25) is 0 Å². The molecule has 0 spiro atoms. The molecular weight excluding hydrogens is 226 g/mol. The molecule has 96 valence electrons. The van der Waals surface area contributed by atoms with Gasteiger partial charge in [0.2, 0.25) is 5.89 Å². The minimum atomic E-state index is -0.112. The van der Waals surface area contributed by atoms with Gasteiger partial charge in [0.15, 0.2) is 5.76 Å². The fourth-order valence-electron chi connectivity index (χ4n) is 1.81. The summed E-state index contributed by atoms with van der Waals surface area (Å²) in [4.78, 5) is 4.32. The third-order valence-electron chi connectivity index (χ3n) is 3.03. The highest BCUT2D eigenvalue weighted by Crippen LogP contribution is 2.26.